The van der Waals surface area contributed by atoms with Crippen molar-refractivity contribution in [3.8, 4) is 0 Å². The third-order valence-corrected chi connectivity index (χ3v) is 5.44. The van der Waals surface area contributed by atoms with E-state index in [-0.39, 0.29) is 0 Å². The molecule has 27 heavy (non-hydrogen) atoms. The van der Waals surface area contributed by atoms with Crippen molar-refractivity contribution >= 4 is 23.1 Å². The summed E-state index contributed by atoms with van der Waals surface area (Å²) in [5.74, 6) is 2.35. The van der Waals surface area contributed by atoms with E-state index in [4.69, 9.17) is 0 Å². The molecule has 7 heteroatoms. The first-order chi connectivity index (χ1) is 13.2. The molecule has 0 unspecified atom stereocenters. The second-order valence-electron chi connectivity index (χ2n) is 7.09. The Labute approximate surface area is 166 Å². The molecule has 0 bridgehead atoms. The van der Waals surface area contributed by atoms with Gasteiger partial charge in [0, 0.05) is 31.2 Å². The van der Waals surface area contributed by atoms with Crippen molar-refractivity contribution < 1.29 is 0 Å². The Morgan fingerprint density at radius 3 is 2.70 bits per heavy atom. The van der Waals surface area contributed by atoms with Gasteiger partial charge in [-0.1, -0.05) is 19.9 Å². The molecule has 146 valence electrons. The summed E-state index contributed by atoms with van der Waals surface area (Å²) in [6.45, 7) is 10.8. The third kappa shape index (κ3) is 5.66. The summed E-state index contributed by atoms with van der Waals surface area (Å²) in [5, 5.41) is 9.89. The number of rotatable bonds is 7. The predicted octanol–water partition coefficient (Wildman–Crippen LogP) is 3.52. The Balaban J connectivity index is 1.56. The van der Waals surface area contributed by atoms with Crippen molar-refractivity contribution in [1.29, 1.82) is 0 Å². The second-order valence-corrected chi connectivity index (χ2v) is 8.03. The van der Waals surface area contributed by atoms with Gasteiger partial charge in [-0.3, -0.25) is 0 Å². The number of pyridine rings is 1. The maximum Gasteiger partial charge on any atom is 0.191 e. The number of hydrogen-bond acceptors (Lipinski definition) is 5. The molecule has 0 spiro atoms. The van der Waals surface area contributed by atoms with Gasteiger partial charge in [0.05, 0.1) is 18.8 Å². The Hall–Kier alpha value is -2.15. The molecule has 1 aliphatic rings. The summed E-state index contributed by atoms with van der Waals surface area (Å²) < 4.78 is 0. The van der Waals surface area contributed by atoms with Gasteiger partial charge in [0.15, 0.2) is 5.96 Å². The standard InChI is InChI=1S/C20H30N6S/c1-4-21-20(24-13-19-25-17(14-27-19)15(2)3)23-12-16-7-8-18(22-11-16)26-9-5-6-10-26/h7-8,11,14-15H,4-6,9-10,12-13H2,1-3H3,(H2,21,23,24). The summed E-state index contributed by atoms with van der Waals surface area (Å²) >= 11 is 1.69. The topological polar surface area (TPSA) is 65.4 Å². The molecule has 2 aromatic heterocycles. The maximum absolute atomic E-state index is 4.69. The van der Waals surface area contributed by atoms with Crippen LogP contribution in [0.1, 0.15) is 55.8 Å². The number of nitrogens with zero attached hydrogens (tertiary/aromatic N) is 4. The van der Waals surface area contributed by atoms with E-state index < -0.39 is 0 Å². The summed E-state index contributed by atoms with van der Waals surface area (Å²) in [7, 11) is 0. The molecular formula is C20H30N6S. The highest BCUT2D eigenvalue weighted by Gasteiger charge is 2.13. The zero-order chi connectivity index (χ0) is 19.1. The minimum absolute atomic E-state index is 0.466. The first kappa shape index (κ1) is 19.6. The summed E-state index contributed by atoms with van der Waals surface area (Å²) in [4.78, 5) is 16.3. The van der Waals surface area contributed by atoms with Crippen LogP contribution in [0.25, 0.3) is 0 Å². The minimum atomic E-state index is 0.466. The lowest BCUT2D eigenvalue weighted by atomic mass is 10.2. The van der Waals surface area contributed by atoms with E-state index in [1.54, 1.807) is 11.3 Å². The van der Waals surface area contributed by atoms with Gasteiger partial charge in [-0.25, -0.2) is 15.0 Å². The average molecular weight is 387 g/mol. The summed E-state index contributed by atoms with van der Waals surface area (Å²) in [6, 6.07) is 4.24. The third-order valence-electron chi connectivity index (χ3n) is 4.57. The van der Waals surface area contributed by atoms with Gasteiger partial charge in [-0.15, -0.1) is 11.3 Å². The molecule has 2 N–H and O–H groups in total. The van der Waals surface area contributed by atoms with Gasteiger partial charge in [0.2, 0.25) is 0 Å². The van der Waals surface area contributed by atoms with Gasteiger partial charge < -0.3 is 15.5 Å². The molecule has 0 aliphatic carbocycles. The van der Waals surface area contributed by atoms with Gasteiger partial charge in [0.1, 0.15) is 10.8 Å². The Morgan fingerprint density at radius 2 is 2.07 bits per heavy atom. The van der Waals surface area contributed by atoms with Crippen LogP contribution in [0.4, 0.5) is 5.82 Å². The molecule has 1 saturated heterocycles. The number of aromatic nitrogens is 2. The van der Waals surface area contributed by atoms with Crippen molar-refractivity contribution in [2.45, 2.75) is 52.6 Å². The SMILES string of the molecule is CCNC(=NCc1ccc(N2CCCC2)nc1)NCc1nc(C(C)C)cs1. The predicted molar refractivity (Wildman–Crippen MR) is 114 cm³/mol. The number of nitrogens with one attached hydrogen (secondary N) is 2. The zero-order valence-electron chi connectivity index (χ0n) is 16.5. The van der Waals surface area contributed by atoms with Crippen LogP contribution in [0.15, 0.2) is 28.7 Å². The van der Waals surface area contributed by atoms with Crippen LogP contribution in [0.2, 0.25) is 0 Å². The van der Waals surface area contributed by atoms with Crippen molar-refractivity contribution in [3.05, 3.63) is 40.0 Å². The molecule has 3 rings (SSSR count). The molecule has 6 nitrogen and oxygen atoms in total. The highest BCUT2D eigenvalue weighted by molar-refractivity contribution is 7.09. The highest BCUT2D eigenvalue weighted by Crippen LogP contribution is 2.18. The molecule has 2 aromatic rings. The van der Waals surface area contributed by atoms with Crippen LogP contribution in [0, 0.1) is 0 Å². The molecule has 0 saturated carbocycles. The molecule has 1 fully saturated rings. The monoisotopic (exact) mass is 386 g/mol. The maximum atomic E-state index is 4.69. The molecular weight excluding hydrogens is 356 g/mol. The van der Waals surface area contributed by atoms with Gasteiger partial charge >= 0.3 is 0 Å². The fourth-order valence-corrected chi connectivity index (χ4v) is 3.88. The second kappa shape index (κ2) is 9.69. The fourth-order valence-electron chi connectivity index (χ4n) is 2.99. The van der Waals surface area contributed by atoms with Crippen LogP contribution < -0.4 is 15.5 Å². The number of hydrogen-bond donors (Lipinski definition) is 2. The molecule has 0 amide bonds. The average Bonchev–Trinajstić information content (AvgIpc) is 3.36. The molecule has 0 aromatic carbocycles. The molecule has 0 atom stereocenters. The normalized spacial score (nSPS) is 14.8. The van der Waals surface area contributed by atoms with Crippen LogP contribution in [-0.4, -0.2) is 35.6 Å². The van der Waals surface area contributed by atoms with E-state index in [1.165, 1.54) is 12.8 Å². The van der Waals surface area contributed by atoms with Crippen LogP contribution in [-0.2, 0) is 13.1 Å². The van der Waals surface area contributed by atoms with Crippen LogP contribution in [0.5, 0.6) is 0 Å². The van der Waals surface area contributed by atoms with Crippen LogP contribution in [0.3, 0.4) is 0 Å². The highest BCUT2D eigenvalue weighted by atomic mass is 32.1. The molecule has 1 aliphatic heterocycles. The number of thiazole rings is 1. The smallest absolute Gasteiger partial charge is 0.191 e. The lowest BCUT2D eigenvalue weighted by Gasteiger charge is -2.16. The van der Waals surface area contributed by atoms with Gasteiger partial charge in [0.25, 0.3) is 0 Å². The first-order valence-corrected chi connectivity index (χ1v) is 10.7. The van der Waals surface area contributed by atoms with Crippen molar-refractivity contribution in [2.24, 2.45) is 4.99 Å². The van der Waals surface area contributed by atoms with Crippen molar-refractivity contribution in [2.75, 3.05) is 24.5 Å². The largest absolute Gasteiger partial charge is 0.357 e. The first-order valence-electron chi connectivity index (χ1n) is 9.82. The lowest BCUT2D eigenvalue weighted by molar-refractivity contribution is 0.787. The van der Waals surface area contributed by atoms with E-state index in [0.29, 0.717) is 19.0 Å². The molecule has 0 radical (unpaired) electrons. The van der Waals surface area contributed by atoms with E-state index >= 15 is 0 Å². The summed E-state index contributed by atoms with van der Waals surface area (Å²) in [5.41, 5.74) is 2.27. The quantitative estimate of drug-likeness (QED) is 0.563. The molecule has 3 heterocycles. The van der Waals surface area contributed by atoms with Gasteiger partial charge in [-0.05, 0) is 37.3 Å². The van der Waals surface area contributed by atoms with E-state index in [0.717, 1.165) is 47.7 Å². The van der Waals surface area contributed by atoms with Crippen LogP contribution >= 0.6 is 11.3 Å². The van der Waals surface area contributed by atoms with E-state index in [2.05, 4.69) is 68.8 Å². The van der Waals surface area contributed by atoms with Gasteiger partial charge in [-0.2, -0.15) is 0 Å². The fraction of sp³-hybridized carbons (Fsp3) is 0.550. The van der Waals surface area contributed by atoms with E-state index in [9.17, 15) is 0 Å². The number of anilines is 1. The Bertz CT molecular complexity index is 731. The number of guanidine groups is 1. The minimum Gasteiger partial charge on any atom is -0.357 e. The van der Waals surface area contributed by atoms with E-state index in [1.807, 2.05) is 6.20 Å². The Kier molecular flexibility index (Phi) is 7.04. The zero-order valence-corrected chi connectivity index (χ0v) is 17.4. The van der Waals surface area contributed by atoms with Crippen molar-refractivity contribution in [1.82, 2.24) is 20.6 Å². The van der Waals surface area contributed by atoms with Crippen molar-refractivity contribution in [3.63, 3.8) is 0 Å². The number of aliphatic imine (C=N–C) groups is 1. The lowest BCUT2D eigenvalue weighted by Crippen LogP contribution is -2.36. The summed E-state index contributed by atoms with van der Waals surface area (Å²) in [6.07, 6.45) is 4.48. The Morgan fingerprint density at radius 1 is 1.26 bits per heavy atom.